The summed E-state index contributed by atoms with van der Waals surface area (Å²) in [6, 6.07) is 0. The highest BCUT2D eigenvalue weighted by Gasteiger charge is 2.29. The summed E-state index contributed by atoms with van der Waals surface area (Å²) in [6.45, 7) is 10.3. The molecule has 0 aliphatic heterocycles. The van der Waals surface area contributed by atoms with Gasteiger partial charge in [-0.2, -0.15) is 0 Å². The molecule has 0 aromatic carbocycles. The highest BCUT2D eigenvalue weighted by atomic mass is 16.5. The fourth-order valence-electron chi connectivity index (χ4n) is 1.50. The maximum atomic E-state index is 5.52. The SMILES string of the molecule is C=CCC(CC)(OC)C(C)C. The molecular formula is C10H20O. The van der Waals surface area contributed by atoms with Crippen molar-refractivity contribution in [3.63, 3.8) is 0 Å². The maximum absolute atomic E-state index is 5.52. The molecule has 0 rings (SSSR count). The van der Waals surface area contributed by atoms with E-state index in [1.165, 1.54) is 0 Å². The number of ether oxygens (including phenoxy) is 1. The Morgan fingerprint density at radius 3 is 2.18 bits per heavy atom. The molecule has 1 heteroatoms. The molecule has 1 nitrogen and oxygen atoms in total. The van der Waals surface area contributed by atoms with Crippen molar-refractivity contribution in [3.05, 3.63) is 12.7 Å². The van der Waals surface area contributed by atoms with Gasteiger partial charge in [0.15, 0.2) is 0 Å². The van der Waals surface area contributed by atoms with E-state index in [9.17, 15) is 0 Å². The zero-order chi connectivity index (χ0) is 8.91. The van der Waals surface area contributed by atoms with Gasteiger partial charge in [0.25, 0.3) is 0 Å². The molecule has 66 valence electrons. The van der Waals surface area contributed by atoms with Gasteiger partial charge < -0.3 is 4.74 Å². The van der Waals surface area contributed by atoms with Gasteiger partial charge in [0.05, 0.1) is 5.60 Å². The predicted molar refractivity (Wildman–Crippen MR) is 49.7 cm³/mol. The molecule has 0 amide bonds. The van der Waals surface area contributed by atoms with Crippen molar-refractivity contribution in [1.82, 2.24) is 0 Å². The Hall–Kier alpha value is -0.300. The maximum Gasteiger partial charge on any atom is 0.0733 e. The van der Waals surface area contributed by atoms with Crippen LogP contribution < -0.4 is 0 Å². The topological polar surface area (TPSA) is 9.23 Å². The molecule has 0 bridgehead atoms. The molecule has 11 heavy (non-hydrogen) atoms. The van der Waals surface area contributed by atoms with Crippen LogP contribution in [0.15, 0.2) is 12.7 Å². The van der Waals surface area contributed by atoms with Gasteiger partial charge in [-0.15, -0.1) is 6.58 Å². The molecule has 0 spiro atoms. The Kier molecular flexibility index (Phi) is 4.43. The molecular weight excluding hydrogens is 136 g/mol. The summed E-state index contributed by atoms with van der Waals surface area (Å²) >= 11 is 0. The van der Waals surface area contributed by atoms with Gasteiger partial charge in [0.1, 0.15) is 0 Å². The number of hydrogen-bond donors (Lipinski definition) is 0. The highest BCUT2D eigenvalue weighted by molar-refractivity contribution is 4.89. The average molecular weight is 156 g/mol. The van der Waals surface area contributed by atoms with E-state index in [0.29, 0.717) is 5.92 Å². The Bertz CT molecular complexity index is 112. The molecule has 0 heterocycles. The van der Waals surface area contributed by atoms with Crippen LogP contribution in [0.3, 0.4) is 0 Å². The van der Waals surface area contributed by atoms with Crippen LogP contribution in [0.5, 0.6) is 0 Å². The van der Waals surface area contributed by atoms with Gasteiger partial charge in [-0.3, -0.25) is 0 Å². The molecule has 0 saturated carbocycles. The first kappa shape index (κ1) is 10.7. The molecule has 1 atom stereocenters. The molecule has 0 saturated heterocycles. The van der Waals surface area contributed by atoms with Gasteiger partial charge in [-0.25, -0.2) is 0 Å². The Labute approximate surface area is 70.4 Å². The van der Waals surface area contributed by atoms with Crippen LogP contribution in [0.25, 0.3) is 0 Å². The molecule has 0 N–H and O–H groups in total. The zero-order valence-electron chi connectivity index (χ0n) is 8.18. The summed E-state index contributed by atoms with van der Waals surface area (Å²) in [5.41, 5.74) is 0.0156. The summed E-state index contributed by atoms with van der Waals surface area (Å²) < 4.78 is 5.52. The molecule has 0 aromatic heterocycles. The van der Waals surface area contributed by atoms with Crippen LogP contribution in [-0.2, 0) is 4.74 Å². The van der Waals surface area contributed by atoms with E-state index >= 15 is 0 Å². The average Bonchev–Trinajstić information content (AvgIpc) is 2.00. The van der Waals surface area contributed by atoms with Crippen LogP contribution in [0.4, 0.5) is 0 Å². The highest BCUT2D eigenvalue weighted by Crippen LogP contribution is 2.28. The lowest BCUT2D eigenvalue weighted by Crippen LogP contribution is -2.35. The Balaban J connectivity index is 4.31. The normalized spacial score (nSPS) is 16.5. The van der Waals surface area contributed by atoms with Gasteiger partial charge in [0.2, 0.25) is 0 Å². The van der Waals surface area contributed by atoms with Crippen molar-refractivity contribution >= 4 is 0 Å². The third-order valence-electron chi connectivity index (χ3n) is 2.55. The lowest BCUT2D eigenvalue weighted by atomic mass is 9.84. The van der Waals surface area contributed by atoms with Crippen LogP contribution in [0, 0.1) is 5.92 Å². The standard InChI is InChI=1S/C10H20O/c1-6-8-10(7-2,11-5)9(3)4/h6,9H,1,7-8H2,2-5H3. The van der Waals surface area contributed by atoms with E-state index in [4.69, 9.17) is 4.74 Å². The fraction of sp³-hybridized carbons (Fsp3) is 0.800. The summed E-state index contributed by atoms with van der Waals surface area (Å²) in [5.74, 6) is 0.551. The number of methoxy groups -OCH3 is 1. The first-order valence-corrected chi connectivity index (χ1v) is 4.29. The first-order chi connectivity index (χ1) is 5.13. The van der Waals surface area contributed by atoms with Gasteiger partial charge in [-0.05, 0) is 18.8 Å². The van der Waals surface area contributed by atoms with Crippen molar-refractivity contribution in [2.45, 2.75) is 39.2 Å². The smallest absolute Gasteiger partial charge is 0.0733 e. The second-order valence-electron chi connectivity index (χ2n) is 3.27. The van der Waals surface area contributed by atoms with Crippen molar-refractivity contribution < 1.29 is 4.74 Å². The van der Waals surface area contributed by atoms with E-state index in [1.54, 1.807) is 7.11 Å². The van der Waals surface area contributed by atoms with Crippen molar-refractivity contribution in [3.8, 4) is 0 Å². The summed E-state index contributed by atoms with van der Waals surface area (Å²) in [5, 5.41) is 0. The minimum Gasteiger partial charge on any atom is -0.378 e. The third kappa shape index (κ3) is 2.33. The lowest BCUT2D eigenvalue weighted by Gasteiger charge is -2.34. The Morgan fingerprint density at radius 2 is 2.09 bits per heavy atom. The zero-order valence-corrected chi connectivity index (χ0v) is 8.18. The third-order valence-corrected chi connectivity index (χ3v) is 2.55. The van der Waals surface area contributed by atoms with Crippen molar-refractivity contribution in [2.75, 3.05) is 7.11 Å². The second-order valence-corrected chi connectivity index (χ2v) is 3.27. The first-order valence-electron chi connectivity index (χ1n) is 4.29. The van der Waals surface area contributed by atoms with Crippen LogP contribution in [-0.4, -0.2) is 12.7 Å². The fourth-order valence-corrected chi connectivity index (χ4v) is 1.50. The lowest BCUT2D eigenvalue weighted by molar-refractivity contribution is -0.0482. The van der Waals surface area contributed by atoms with E-state index < -0.39 is 0 Å². The van der Waals surface area contributed by atoms with Crippen molar-refractivity contribution in [1.29, 1.82) is 0 Å². The van der Waals surface area contributed by atoms with Crippen LogP contribution in [0.2, 0.25) is 0 Å². The van der Waals surface area contributed by atoms with E-state index in [-0.39, 0.29) is 5.60 Å². The minimum atomic E-state index is 0.0156. The largest absolute Gasteiger partial charge is 0.378 e. The molecule has 0 aliphatic rings. The van der Waals surface area contributed by atoms with E-state index in [2.05, 4.69) is 27.4 Å². The summed E-state index contributed by atoms with van der Waals surface area (Å²) in [7, 11) is 1.78. The summed E-state index contributed by atoms with van der Waals surface area (Å²) in [4.78, 5) is 0. The Morgan fingerprint density at radius 1 is 1.55 bits per heavy atom. The van der Waals surface area contributed by atoms with Crippen LogP contribution in [0.1, 0.15) is 33.6 Å². The van der Waals surface area contributed by atoms with Gasteiger partial charge in [-0.1, -0.05) is 26.8 Å². The van der Waals surface area contributed by atoms with Gasteiger partial charge in [0, 0.05) is 7.11 Å². The molecule has 0 aliphatic carbocycles. The summed E-state index contributed by atoms with van der Waals surface area (Å²) in [6.07, 6.45) is 3.93. The number of rotatable bonds is 5. The molecule has 0 aromatic rings. The van der Waals surface area contributed by atoms with E-state index in [1.807, 2.05) is 6.08 Å². The molecule has 1 unspecified atom stereocenters. The second kappa shape index (κ2) is 4.55. The molecule has 0 fully saturated rings. The number of hydrogen-bond acceptors (Lipinski definition) is 1. The predicted octanol–water partition coefficient (Wildman–Crippen LogP) is 3.01. The minimum absolute atomic E-state index is 0.0156. The van der Waals surface area contributed by atoms with Gasteiger partial charge >= 0.3 is 0 Å². The van der Waals surface area contributed by atoms with E-state index in [0.717, 1.165) is 12.8 Å². The van der Waals surface area contributed by atoms with Crippen LogP contribution >= 0.6 is 0 Å². The van der Waals surface area contributed by atoms with Crippen molar-refractivity contribution in [2.24, 2.45) is 5.92 Å². The monoisotopic (exact) mass is 156 g/mol. The molecule has 0 radical (unpaired) electrons. The quantitative estimate of drug-likeness (QED) is 0.556.